The molecule has 0 spiro atoms. The number of hydrogen-bond donors (Lipinski definition) is 0. The van der Waals surface area contributed by atoms with Gasteiger partial charge in [0, 0.05) is 12.2 Å². The van der Waals surface area contributed by atoms with E-state index in [9.17, 15) is 18.0 Å². The first-order chi connectivity index (χ1) is 12.5. The van der Waals surface area contributed by atoms with Gasteiger partial charge in [-0.25, -0.2) is 9.37 Å². The van der Waals surface area contributed by atoms with Crippen LogP contribution in [0.25, 0.3) is 11.0 Å². The second-order valence-electron chi connectivity index (χ2n) is 5.46. The molecule has 4 nitrogen and oxygen atoms in total. The number of benzene rings is 2. The summed E-state index contributed by atoms with van der Waals surface area (Å²) in [7, 11) is 0. The molecule has 0 N–H and O–H groups in total. The Morgan fingerprint density at radius 1 is 1.19 bits per heavy atom. The van der Waals surface area contributed by atoms with Crippen molar-refractivity contribution in [2.24, 2.45) is 0 Å². The Kier molecular flexibility index (Phi) is 5.51. The minimum Gasteiger partial charge on any atom is -0.311 e. The Bertz CT molecular complexity index is 912. The topological polar surface area (TPSA) is 38.1 Å². The molecule has 0 saturated heterocycles. The van der Waals surface area contributed by atoms with Gasteiger partial charge in [0.05, 0.1) is 11.0 Å². The monoisotopic (exact) mass is 379 g/mol. The van der Waals surface area contributed by atoms with E-state index in [1.54, 1.807) is 31.2 Å². The van der Waals surface area contributed by atoms with Crippen LogP contribution in [-0.2, 0) is 11.3 Å². The lowest BCUT2D eigenvalue weighted by atomic mass is 10.2. The van der Waals surface area contributed by atoms with Crippen LogP contribution in [0.1, 0.15) is 6.92 Å². The predicted octanol–water partition coefficient (Wildman–Crippen LogP) is 4.54. The van der Waals surface area contributed by atoms with E-state index in [-0.39, 0.29) is 17.6 Å². The maximum atomic E-state index is 13.1. The molecule has 0 aliphatic rings. The minimum atomic E-state index is -2.64. The zero-order chi connectivity index (χ0) is 18.7. The number of amides is 1. The summed E-state index contributed by atoms with van der Waals surface area (Å²) in [6, 6.07) is 12.5. The van der Waals surface area contributed by atoms with Crippen molar-refractivity contribution in [1.82, 2.24) is 9.55 Å². The van der Waals surface area contributed by atoms with Gasteiger partial charge in [-0.1, -0.05) is 12.1 Å². The molecule has 1 aromatic heterocycles. The number of fused-ring (bicyclic) bond motifs is 1. The van der Waals surface area contributed by atoms with Crippen LogP contribution >= 0.6 is 11.8 Å². The summed E-state index contributed by atoms with van der Waals surface area (Å²) in [4.78, 5) is 18.5. The second-order valence-corrected chi connectivity index (χ2v) is 6.42. The van der Waals surface area contributed by atoms with Crippen LogP contribution in [0.2, 0.25) is 0 Å². The van der Waals surface area contributed by atoms with Crippen molar-refractivity contribution < 1.29 is 18.0 Å². The molecule has 1 amide bonds. The molecule has 0 aliphatic carbocycles. The molecule has 0 saturated carbocycles. The molecule has 2 aromatic carbocycles. The Hall–Kier alpha value is -2.48. The highest BCUT2D eigenvalue weighted by molar-refractivity contribution is 7.99. The molecule has 3 aromatic rings. The SMILES string of the molecule is CCN(C(=O)Cn1c(SC(F)F)nc2ccccc21)c1ccc(F)cc1. The minimum absolute atomic E-state index is 0.0877. The number of likely N-dealkylation sites (N-methyl/N-ethyl adjacent to an activating group) is 1. The second kappa shape index (κ2) is 7.82. The number of thioether (sulfide) groups is 1. The van der Waals surface area contributed by atoms with E-state index >= 15 is 0 Å². The van der Waals surface area contributed by atoms with Crippen molar-refractivity contribution in [3.63, 3.8) is 0 Å². The molecule has 0 radical (unpaired) electrons. The number of hydrogen-bond acceptors (Lipinski definition) is 3. The number of imidazole rings is 1. The van der Waals surface area contributed by atoms with Crippen LogP contribution in [0.15, 0.2) is 53.7 Å². The first-order valence-electron chi connectivity index (χ1n) is 7.95. The number of anilines is 1. The van der Waals surface area contributed by atoms with Crippen LogP contribution in [0.5, 0.6) is 0 Å². The molecule has 26 heavy (non-hydrogen) atoms. The molecule has 3 rings (SSSR count). The van der Waals surface area contributed by atoms with Gasteiger partial charge in [-0.2, -0.15) is 8.78 Å². The van der Waals surface area contributed by atoms with Crippen molar-refractivity contribution in [3.8, 4) is 0 Å². The maximum Gasteiger partial charge on any atom is 0.291 e. The quantitative estimate of drug-likeness (QED) is 0.590. The summed E-state index contributed by atoms with van der Waals surface area (Å²) in [5.41, 5.74) is 1.71. The fraction of sp³-hybridized carbons (Fsp3) is 0.222. The summed E-state index contributed by atoms with van der Waals surface area (Å²) in [6.45, 7) is 2.03. The largest absolute Gasteiger partial charge is 0.311 e. The molecule has 1 heterocycles. The smallest absolute Gasteiger partial charge is 0.291 e. The van der Waals surface area contributed by atoms with E-state index in [1.807, 2.05) is 0 Å². The predicted molar refractivity (Wildman–Crippen MR) is 96.0 cm³/mol. The summed E-state index contributed by atoms with van der Waals surface area (Å²) in [5.74, 6) is -3.33. The lowest BCUT2D eigenvalue weighted by Gasteiger charge is -2.22. The number of carbonyl (C=O) groups excluding carboxylic acids is 1. The molecule has 0 fully saturated rings. The standard InChI is InChI=1S/C18H16F3N3OS/c1-2-23(13-9-7-12(19)8-10-13)16(25)11-24-15-6-4-3-5-14(15)22-18(24)26-17(20)21/h3-10,17H,2,11H2,1H3. The molecule has 136 valence electrons. The highest BCUT2D eigenvalue weighted by Gasteiger charge is 2.21. The summed E-state index contributed by atoms with van der Waals surface area (Å²) in [5, 5.41) is 0.0877. The van der Waals surface area contributed by atoms with Crippen molar-refractivity contribution in [3.05, 3.63) is 54.3 Å². The van der Waals surface area contributed by atoms with Crippen LogP contribution in [-0.4, -0.2) is 27.8 Å². The highest BCUT2D eigenvalue weighted by Crippen LogP contribution is 2.29. The average molecular weight is 379 g/mol. The van der Waals surface area contributed by atoms with E-state index in [0.717, 1.165) is 0 Å². The van der Waals surface area contributed by atoms with Crippen LogP contribution in [0.3, 0.4) is 0 Å². The third-order valence-electron chi connectivity index (χ3n) is 3.86. The number of nitrogens with zero attached hydrogens (tertiary/aromatic N) is 3. The molecule has 0 atom stereocenters. The Morgan fingerprint density at radius 2 is 1.88 bits per heavy atom. The molecule has 0 unspecified atom stereocenters. The van der Waals surface area contributed by atoms with Crippen molar-refractivity contribution in [2.75, 3.05) is 11.4 Å². The van der Waals surface area contributed by atoms with Gasteiger partial charge in [-0.3, -0.25) is 4.79 Å². The van der Waals surface area contributed by atoms with Crippen molar-refractivity contribution >= 4 is 34.4 Å². The fourth-order valence-electron chi connectivity index (χ4n) is 2.72. The zero-order valence-electron chi connectivity index (χ0n) is 13.9. The number of carbonyl (C=O) groups is 1. The van der Waals surface area contributed by atoms with E-state index < -0.39 is 11.6 Å². The van der Waals surface area contributed by atoms with Gasteiger partial charge in [0.2, 0.25) is 5.91 Å². The van der Waals surface area contributed by atoms with Crippen LogP contribution < -0.4 is 4.90 Å². The van der Waals surface area contributed by atoms with Crippen molar-refractivity contribution in [2.45, 2.75) is 24.4 Å². The number of alkyl halides is 2. The Balaban J connectivity index is 1.93. The zero-order valence-corrected chi connectivity index (χ0v) is 14.7. The number of para-hydroxylation sites is 2. The summed E-state index contributed by atoms with van der Waals surface area (Å²) in [6.07, 6.45) is 0. The van der Waals surface area contributed by atoms with Gasteiger partial charge in [0.15, 0.2) is 5.16 Å². The Labute approximate surface area is 152 Å². The third-order valence-corrected chi connectivity index (χ3v) is 4.56. The number of aromatic nitrogens is 2. The van der Waals surface area contributed by atoms with E-state index in [1.165, 1.54) is 33.7 Å². The Morgan fingerprint density at radius 3 is 2.54 bits per heavy atom. The summed E-state index contributed by atoms with van der Waals surface area (Å²) < 4.78 is 40.4. The van der Waals surface area contributed by atoms with E-state index in [4.69, 9.17) is 0 Å². The lowest BCUT2D eigenvalue weighted by molar-refractivity contribution is -0.119. The van der Waals surface area contributed by atoms with Gasteiger partial charge < -0.3 is 9.47 Å². The highest BCUT2D eigenvalue weighted by atomic mass is 32.2. The number of rotatable bonds is 6. The van der Waals surface area contributed by atoms with Gasteiger partial charge in [-0.15, -0.1) is 0 Å². The first kappa shape index (κ1) is 18.3. The molecule has 0 aliphatic heterocycles. The van der Waals surface area contributed by atoms with Gasteiger partial charge in [-0.05, 0) is 55.1 Å². The third kappa shape index (κ3) is 3.85. The van der Waals surface area contributed by atoms with Crippen molar-refractivity contribution in [1.29, 1.82) is 0 Å². The average Bonchev–Trinajstić information content (AvgIpc) is 2.94. The lowest BCUT2D eigenvalue weighted by Crippen LogP contribution is -2.33. The normalized spacial score (nSPS) is 11.3. The van der Waals surface area contributed by atoms with Gasteiger partial charge >= 0.3 is 0 Å². The maximum absolute atomic E-state index is 13.1. The van der Waals surface area contributed by atoms with E-state index in [0.29, 0.717) is 35.0 Å². The number of halogens is 3. The van der Waals surface area contributed by atoms with Crippen LogP contribution in [0.4, 0.5) is 18.9 Å². The van der Waals surface area contributed by atoms with Gasteiger partial charge in [0.25, 0.3) is 5.76 Å². The molecule has 8 heteroatoms. The molecule has 0 bridgehead atoms. The summed E-state index contributed by atoms with van der Waals surface area (Å²) >= 11 is 0.308. The molecular weight excluding hydrogens is 363 g/mol. The van der Waals surface area contributed by atoms with Gasteiger partial charge in [0.1, 0.15) is 12.4 Å². The first-order valence-corrected chi connectivity index (χ1v) is 8.83. The van der Waals surface area contributed by atoms with Crippen LogP contribution in [0, 0.1) is 5.82 Å². The fourth-order valence-corrected chi connectivity index (χ4v) is 3.32. The molecular formula is C18H16F3N3OS. The van der Waals surface area contributed by atoms with E-state index in [2.05, 4.69) is 4.98 Å².